The van der Waals surface area contributed by atoms with E-state index in [1.165, 1.54) is 12.8 Å². The zero-order chi connectivity index (χ0) is 12.8. The summed E-state index contributed by atoms with van der Waals surface area (Å²) in [7, 11) is 0. The van der Waals surface area contributed by atoms with E-state index in [2.05, 4.69) is 22.4 Å². The largest absolute Gasteiger partial charge is 0.338 e. The number of carbonyl (C=O) groups is 1. The van der Waals surface area contributed by atoms with Gasteiger partial charge >= 0.3 is 0 Å². The summed E-state index contributed by atoms with van der Waals surface area (Å²) in [5, 5.41) is 9.95. The van der Waals surface area contributed by atoms with Gasteiger partial charge < -0.3 is 10.2 Å². The molecule has 1 aromatic rings. The van der Waals surface area contributed by atoms with Gasteiger partial charge in [-0.2, -0.15) is 5.10 Å². The van der Waals surface area contributed by atoms with Crippen molar-refractivity contribution in [3.63, 3.8) is 0 Å². The van der Waals surface area contributed by atoms with Crippen molar-refractivity contribution in [3.8, 4) is 0 Å². The maximum absolute atomic E-state index is 12.3. The van der Waals surface area contributed by atoms with E-state index in [-0.39, 0.29) is 5.91 Å². The lowest BCUT2D eigenvalue weighted by Crippen LogP contribution is -2.41. The average Bonchev–Trinajstić information content (AvgIpc) is 2.92. The number of amides is 1. The Bertz CT molecular complexity index is 357. The number of H-pyrrole nitrogens is 1. The highest BCUT2D eigenvalue weighted by atomic mass is 16.2. The van der Waals surface area contributed by atoms with Gasteiger partial charge in [0.15, 0.2) is 0 Å². The number of hydrogen-bond acceptors (Lipinski definition) is 3. The van der Waals surface area contributed by atoms with Crippen LogP contribution in [0.5, 0.6) is 0 Å². The Labute approximate surface area is 108 Å². The van der Waals surface area contributed by atoms with Crippen molar-refractivity contribution in [2.75, 3.05) is 26.2 Å². The number of piperidine rings is 1. The number of rotatable bonds is 5. The maximum atomic E-state index is 12.3. The second-order valence-corrected chi connectivity index (χ2v) is 4.95. The average molecular weight is 250 g/mol. The molecule has 2 N–H and O–H groups in total. The molecule has 18 heavy (non-hydrogen) atoms. The minimum Gasteiger partial charge on any atom is -0.338 e. The Kier molecular flexibility index (Phi) is 4.75. The number of nitrogens with one attached hydrogen (secondary N) is 2. The number of nitrogens with zero attached hydrogens (tertiary/aromatic N) is 2. The summed E-state index contributed by atoms with van der Waals surface area (Å²) in [4.78, 5) is 14.3. The highest BCUT2D eigenvalue weighted by Gasteiger charge is 2.21. The first-order chi connectivity index (χ1) is 8.81. The predicted octanol–water partition coefficient (Wildman–Crippen LogP) is 1.26. The Hall–Kier alpha value is -1.36. The van der Waals surface area contributed by atoms with E-state index in [0.717, 1.165) is 32.6 Å². The van der Waals surface area contributed by atoms with E-state index in [1.54, 1.807) is 12.4 Å². The normalized spacial score (nSPS) is 19.7. The Morgan fingerprint density at radius 2 is 2.50 bits per heavy atom. The summed E-state index contributed by atoms with van der Waals surface area (Å²) in [6, 6.07) is 0. The molecule has 1 fully saturated rings. The van der Waals surface area contributed by atoms with Gasteiger partial charge in [0.25, 0.3) is 5.91 Å². The molecular weight excluding hydrogens is 228 g/mol. The third-order valence-corrected chi connectivity index (χ3v) is 3.40. The number of carbonyl (C=O) groups excluding carboxylic acids is 1. The summed E-state index contributed by atoms with van der Waals surface area (Å²) in [5.41, 5.74) is 0.659. The minimum absolute atomic E-state index is 0.0937. The summed E-state index contributed by atoms with van der Waals surface area (Å²) in [6.45, 7) is 5.92. The van der Waals surface area contributed by atoms with Gasteiger partial charge in [0.05, 0.1) is 11.8 Å². The van der Waals surface area contributed by atoms with Crippen LogP contribution in [-0.2, 0) is 0 Å². The van der Waals surface area contributed by atoms with Crippen LogP contribution >= 0.6 is 0 Å². The minimum atomic E-state index is 0.0937. The molecule has 0 spiro atoms. The Morgan fingerprint density at radius 1 is 1.61 bits per heavy atom. The molecule has 0 aromatic carbocycles. The van der Waals surface area contributed by atoms with Gasteiger partial charge in [0.2, 0.25) is 0 Å². The highest BCUT2D eigenvalue weighted by molar-refractivity contribution is 5.93. The molecule has 1 aliphatic heterocycles. The van der Waals surface area contributed by atoms with E-state index in [1.807, 2.05) is 4.90 Å². The molecule has 100 valence electrons. The SMILES string of the molecule is CCCN(CC1CCCNC1)C(=O)c1cn[nH]c1. The Balaban J connectivity index is 1.96. The lowest BCUT2D eigenvalue weighted by Gasteiger charge is -2.29. The quantitative estimate of drug-likeness (QED) is 0.827. The number of hydrogen-bond donors (Lipinski definition) is 2. The summed E-state index contributed by atoms with van der Waals surface area (Å²) in [5.74, 6) is 0.678. The standard InChI is InChI=1S/C13H22N4O/c1-2-6-17(10-11-4-3-5-14-7-11)13(18)12-8-15-16-9-12/h8-9,11,14H,2-7,10H2,1H3,(H,15,16). The number of aromatic amines is 1. The molecule has 5 nitrogen and oxygen atoms in total. The van der Waals surface area contributed by atoms with E-state index in [4.69, 9.17) is 0 Å². The van der Waals surface area contributed by atoms with Crippen LogP contribution < -0.4 is 5.32 Å². The van der Waals surface area contributed by atoms with Crippen molar-refractivity contribution in [1.82, 2.24) is 20.4 Å². The lowest BCUT2D eigenvalue weighted by molar-refractivity contribution is 0.0719. The molecule has 5 heteroatoms. The third-order valence-electron chi connectivity index (χ3n) is 3.40. The summed E-state index contributed by atoms with van der Waals surface area (Å²) in [6.07, 6.45) is 6.69. The molecule has 1 unspecified atom stereocenters. The van der Waals surface area contributed by atoms with Crippen LogP contribution in [0.4, 0.5) is 0 Å². The van der Waals surface area contributed by atoms with Gasteiger partial charge in [-0.3, -0.25) is 9.89 Å². The molecule has 1 aliphatic rings. The fraction of sp³-hybridized carbons (Fsp3) is 0.692. The fourth-order valence-electron chi connectivity index (χ4n) is 2.49. The van der Waals surface area contributed by atoms with Gasteiger partial charge in [-0.15, -0.1) is 0 Å². The first-order valence-electron chi connectivity index (χ1n) is 6.80. The Morgan fingerprint density at radius 3 is 3.11 bits per heavy atom. The van der Waals surface area contributed by atoms with Crippen molar-refractivity contribution < 1.29 is 4.79 Å². The van der Waals surface area contributed by atoms with Crippen LogP contribution in [0, 0.1) is 5.92 Å². The zero-order valence-electron chi connectivity index (χ0n) is 11.0. The molecule has 0 bridgehead atoms. The molecule has 1 saturated heterocycles. The predicted molar refractivity (Wildman–Crippen MR) is 70.4 cm³/mol. The van der Waals surface area contributed by atoms with Crippen LogP contribution in [-0.4, -0.2) is 47.2 Å². The third kappa shape index (κ3) is 3.32. The van der Waals surface area contributed by atoms with Gasteiger partial charge in [0, 0.05) is 19.3 Å². The van der Waals surface area contributed by atoms with Crippen LogP contribution in [0.3, 0.4) is 0 Å². The first-order valence-corrected chi connectivity index (χ1v) is 6.80. The van der Waals surface area contributed by atoms with E-state index >= 15 is 0 Å². The van der Waals surface area contributed by atoms with Crippen LogP contribution in [0.1, 0.15) is 36.5 Å². The van der Waals surface area contributed by atoms with Crippen molar-refractivity contribution in [1.29, 1.82) is 0 Å². The van der Waals surface area contributed by atoms with E-state index in [0.29, 0.717) is 11.5 Å². The smallest absolute Gasteiger partial charge is 0.257 e. The lowest BCUT2D eigenvalue weighted by atomic mass is 9.99. The topological polar surface area (TPSA) is 61.0 Å². The van der Waals surface area contributed by atoms with Gasteiger partial charge in [-0.1, -0.05) is 6.92 Å². The molecule has 1 aromatic heterocycles. The molecule has 0 aliphatic carbocycles. The second kappa shape index (κ2) is 6.54. The van der Waals surface area contributed by atoms with Gasteiger partial charge in [-0.25, -0.2) is 0 Å². The fourth-order valence-corrected chi connectivity index (χ4v) is 2.49. The summed E-state index contributed by atoms with van der Waals surface area (Å²) < 4.78 is 0. The number of aromatic nitrogens is 2. The molecule has 1 atom stereocenters. The van der Waals surface area contributed by atoms with Crippen LogP contribution in [0.25, 0.3) is 0 Å². The second-order valence-electron chi connectivity index (χ2n) is 4.95. The van der Waals surface area contributed by atoms with E-state index in [9.17, 15) is 4.79 Å². The molecular formula is C13H22N4O. The molecule has 2 heterocycles. The van der Waals surface area contributed by atoms with Crippen LogP contribution in [0.15, 0.2) is 12.4 Å². The van der Waals surface area contributed by atoms with Gasteiger partial charge in [0.1, 0.15) is 0 Å². The van der Waals surface area contributed by atoms with Crippen molar-refractivity contribution in [3.05, 3.63) is 18.0 Å². The molecule has 1 amide bonds. The van der Waals surface area contributed by atoms with Crippen LogP contribution in [0.2, 0.25) is 0 Å². The zero-order valence-corrected chi connectivity index (χ0v) is 11.0. The summed E-state index contributed by atoms with van der Waals surface area (Å²) >= 11 is 0. The molecule has 2 rings (SSSR count). The van der Waals surface area contributed by atoms with Gasteiger partial charge in [-0.05, 0) is 38.3 Å². The molecule has 0 saturated carbocycles. The molecule has 0 radical (unpaired) electrons. The maximum Gasteiger partial charge on any atom is 0.257 e. The monoisotopic (exact) mass is 250 g/mol. The van der Waals surface area contributed by atoms with Crippen molar-refractivity contribution in [2.45, 2.75) is 26.2 Å². The van der Waals surface area contributed by atoms with E-state index < -0.39 is 0 Å². The highest BCUT2D eigenvalue weighted by Crippen LogP contribution is 2.14. The first kappa shape index (κ1) is 13.1. The van der Waals surface area contributed by atoms with Crippen molar-refractivity contribution in [2.24, 2.45) is 5.92 Å². The van der Waals surface area contributed by atoms with Crippen molar-refractivity contribution >= 4 is 5.91 Å².